The lowest BCUT2D eigenvalue weighted by molar-refractivity contribution is 0.745. The highest BCUT2D eigenvalue weighted by Crippen LogP contribution is 2.53. The first-order chi connectivity index (χ1) is 51.7. The van der Waals surface area contributed by atoms with Crippen LogP contribution in [0.4, 0.5) is 28.4 Å². The molecule has 0 fully saturated rings. The van der Waals surface area contributed by atoms with Crippen LogP contribution < -0.4 is 26.2 Å². The molecule has 16 aromatic rings. The Bertz CT molecular complexity index is 6910. The Labute approximate surface area is 540 Å². The number of fused-ring (bicyclic) bond motifs is 21. The monoisotopic (exact) mass is 1150 g/mol. The van der Waals surface area contributed by atoms with Gasteiger partial charge in [-0.15, -0.1) is 0 Å². The number of nitrogens with zero attached hydrogens (tertiary/aromatic N) is 4. The second-order valence-corrected chi connectivity index (χ2v) is 23.2. The predicted octanol–water partition coefficient (Wildman–Crippen LogP) is 19.7. The summed E-state index contributed by atoms with van der Waals surface area (Å²) in [5.74, 6) is -1.31. The van der Waals surface area contributed by atoms with Gasteiger partial charge >= 0.3 is 0 Å². The summed E-state index contributed by atoms with van der Waals surface area (Å²) in [6.45, 7) is -0.855. The summed E-state index contributed by atoms with van der Waals surface area (Å²) in [6, 6.07) is 56.9. The van der Waals surface area contributed by atoms with Crippen molar-refractivity contribution in [2.75, 3.05) is 9.80 Å². The van der Waals surface area contributed by atoms with Crippen molar-refractivity contribution in [3.63, 3.8) is 0 Å². The summed E-state index contributed by atoms with van der Waals surface area (Å²) in [6.07, 6.45) is 0. The van der Waals surface area contributed by atoms with E-state index in [1.807, 2.05) is 78.9 Å². The average molecular weight is 1150 g/mol. The summed E-state index contributed by atoms with van der Waals surface area (Å²) in [5, 5.41) is 8.69. The number of allylic oxidation sites excluding steroid dienone is 2. The third-order valence-electron chi connectivity index (χ3n) is 18.9. The fourth-order valence-electron chi connectivity index (χ4n) is 15.3. The molecule has 4 nitrogen and oxygen atoms in total. The number of hydrogen-bond donors (Lipinski definition) is 0. The maximum atomic E-state index is 9.87. The average Bonchev–Trinajstić information content (AvgIpc) is 1.55. The molecule has 89 heavy (non-hydrogen) atoms. The van der Waals surface area contributed by atoms with Crippen LogP contribution in [-0.2, 0) is 0 Å². The first-order valence-electron chi connectivity index (χ1n) is 38.7. The minimum atomic E-state index is -1.35. The molecule has 20 rings (SSSR count). The van der Waals surface area contributed by atoms with E-state index in [0.717, 1.165) is 76.2 Å². The topological polar surface area (TPSA) is 15.8 Å². The van der Waals surface area contributed by atoms with Crippen LogP contribution in [-0.4, -0.2) is 21.7 Å². The van der Waals surface area contributed by atoms with Gasteiger partial charge in [0.05, 0.1) is 58.5 Å². The smallest absolute Gasteiger partial charge is 0.252 e. The lowest BCUT2D eigenvalue weighted by Gasteiger charge is -2.41. The van der Waals surface area contributed by atoms with E-state index in [1.54, 1.807) is 17.0 Å². The lowest BCUT2D eigenvalue weighted by atomic mass is 9.33. The Kier molecular flexibility index (Phi) is 7.23. The largest absolute Gasteiger partial charge is 0.333 e. The fraction of sp³-hybridized carbons (Fsp3) is 0.0238. The number of para-hydroxylation sites is 3. The van der Waals surface area contributed by atoms with Gasteiger partial charge < -0.3 is 18.8 Å². The van der Waals surface area contributed by atoms with Crippen molar-refractivity contribution in [3.8, 4) is 39.1 Å². The van der Waals surface area contributed by atoms with Crippen molar-refractivity contribution < 1.29 is 24.7 Å². The summed E-state index contributed by atoms with van der Waals surface area (Å²) in [7, 11) is 0. The third-order valence-corrected chi connectivity index (χ3v) is 18.9. The molecule has 3 aliphatic heterocycles. The van der Waals surface area contributed by atoms with Crippen molar-refractivity contribution in [3.05, 3.63) is 315 Å². The van der Waals surface area contributed by atoms with Gasteiger partial charge in [0.15, 0.2) is 0 Å². The van der Waals surface area contributed by atoms with Gasteiger partial charge in [0.2, 0.25) is 0 Å². The summed E-state index contributed by atoms with van der Waals surface area (Å²) in [4.78, 5) is 3.84. The van der Waals surface area contributed by atoms with Crippen LogP contribution in [0.2, 0.25) is 0 Å². The van der Waals surface area contributed by atoms with Gasteiger partial charge in [-0.25, -0.2) is 0 Å². The second kappa shape index (κ2) is 18.6. The van der Waals surface area contributed by atoms with Crippen LogP contribution in [0.15, 0.2) is 309 Å². The van der Waals surface area contributed by atoms with Crippen LogP contribution in [0, 0.1) is 0 Å². The molecule has 0 saturated carbocycles. The van der Waals surface area contributed by atoms with Crippen molar-refractivity contribution in [1.82, 2.24) is 8.97 Å². The molecule has 412 valence electrons. The molecule has 0 radical (unpaired) electrons. The number of benzene rings is 13. The summed E-state index contributed by atoms with van der Waals surface area (Å²) >= 11 is 0. The van der Waals surface area contributed by atoms with Crippen LogP contribution in [0.25, 0.3) is 121 Å². The van der Waals surface area contributed by atoms with Crippen molar-refractivity contribution in [2.45, 2.75) is 12.0 Å². The zero-order valence-corrected chi connectivity index (χ0v) is 47.1. The minimum absolute atomic E-state index is 0.0112. The van der Waals surface area contributed by atoms with Gasteiger partial charge in [-0.1, -0.05) is 248 Å². The molecule has 1 aliphatic carbocycles. The molecule has 13 aromatic carbocycles. The van der Waals surface area contributed by atoms with Crippen LogP contribution in [0.5, 0.6) is 0 Å². The highest BCUT2D eigenvalue weighted by Gasteiger charge is 2.46. The Morgan fingerprint density at radius 2 is 0.978 bits per heavy atom. The number of aromatic nitrogens is 2. The molecule has 2 unspecified atom stereocenters. The van der Waals surface area contributed by atoms with Crippen molar-refractivity contribution in [1.29, 1.82) is 0 Å². The van der Waals surface area contributed by atoms with E-state index in [4.69, 9.17) is 11.0 Å². The SMILES string of the molecule is [2H]C1=C([2H])C2c3c([2H])c([2H])c([2H])c([2H])c3N(c3cc4c5c(c3)c3cc(-c6c([2H])c([2H])c([2H])c([2H])c6[2H])ccc3n5-c3cc5c(c6c3B4c3ccc(-c4c([2H])c([2H])c([2H])c([2H])c4[2H])cc3N6c3ccc(-c4ccccc4)cc3)c3cccc4c6ccccc6c6ccccc6c6ccccc6n5c43)C2C([2H])=C1[2H]. The van der Waals surface area contributed by atoms with E-state index in [2.05, 4.69) is 123 Å². The quantitative estimate of drug-likeness (QED) is 0.160. The third kappa shape index (κ3) is 6.84. The molecule has 6 heterocycles. The minimum Gasteiger partial charge on any atom is -0.333 e. The van der Waals surface area contributed by atoms with Crippen molar-refractivity contribution in [2.24, 2.45) is 0 Å². The normalized spacial score (nSPS) is 18.5. The van der Waals surface area contributed by atoms with E-state index in [9.17, 15) is 13.7 Å². The van der Waals surface area contributed by atoms with E-state index >= 15 is 0 Å². The molecule has 0 N–H and O–H groups in total. The van der Waals surface area contributed by atoms with Gasteiger partial charge in [-0.05, 0) is 138 Å². The van der Waals surface area contributed by atoms with E-state index < -0.39 is 121 Å². The highest BCUT2D eigenvalue weighted by molar-refractivity contribution is 7.00. The molecule has 0 amide bonds. The summed E-state index contributed by atoms with van der Waals surface area (Å²) < 4.78 is 171. The van der Waals surface area contributed by atoms with Gasteiger partial charge in [0.1, 0.15) is 0 Å². The number of anilines is 5. The Morgan fingerprint density at radius 3 is 1.75 bits per heavy atom. The zero-order chi connectivity index (χ0) is 73.7. The van der Waals surface area contributed by atoms with E-state index in [0.29, 0.717) is 61.0 Å². The maximum Gasteiger partial charge on any atom is 0.252 e. The number of hydrogen-bond acceptors (Lipinski definition) is 2. The van der Waals surface area contributed by atoms with E-state index in [-0.39, 0.29) is 39.7 Å². The molecule has 2 atom stereocenters. The zero-order valence-electron chi connectivity index (χ0n) is 65.1. The molecule has 4 aliphatic rings. The Morgan fingerprint density at radius 1 is 0.360 bits per heavy atom. The first kappa shape index (κ1) is 34.7. The molecule has 5 heteroatoms. The van der Waals surface area contributed by atoms with Crippen LogP contribution in [0.1, 0.15) is 36.2 Å². The maximum absolute atomic E-state index is 9.87. The molecule has 0 bridgehead atoms. The van der Waals surface area contributed by atoms with Crippen LogP contribution >= 0.6 is 0 Å². The van der Waals surface area contributed by atoms with Crippen molar-refractivity contribution >= 4 is 133 Å². The Hall–Kier alpha value is -11.4. The van der Waals surface area contributed by atoms with Gasteiger partial charge in [0.25, 0.3) is 6.71 Å². The molecular weight excluding hydrogens is 1080 g/mol. The number of rotatable bonds is 5. The summed E-state index contributed by atoms with van der Waals surface area (Å²) in [5.41, 5.74) is 11.3. The highest BCUT2D eigenvalue weighted by atomic mass is 15.2. The fourth-order valence-corrected chi connectivity index (χ4v) is 15.3. The lowest BCUT2D eigenvalue weighted by Crippen LogP contribution is -2.60. The van der Waals surface area contributed by atoms with Gasteiger partial charge in [-0.3, -0.25) is 0 Å². The molecule has 0 spiro atoms. The van der Waals surface area contributed by atoms with E-state index in [1.165, 1.54) is 0 Å². The first-order valence-corrected chi connectivity index (χ1v) is 29.7. The second-order valence-electron chi connectivity index (χ2n) is 23.2. The Balaban J connectivity index is 1.02. The van der Waals surface area contributed by atoms with Gasteiger partial charge in [0, 0.05) is 72.2 Å². The van der Waals surface area contributed by atoms with Crippen LogP contribution in [0.3, 0.4) is 0 Å². The standard InChI is InChI=1S/C84H53BN4/c1-4-21-52(22-5-1)55-39-43-58(44-40-55)87-77-48-57(54-25-8-3-9-26-54)41-45-71(77)85-72-50-59(86-73-36-17-15-32-65(73)66-33-16-18-37-74(66)86)49-70-69-47-56(53-23-6-2-7-24-53)42-46-76(69)89(83(70)72)79-51-78-80(84(87)81(79)85)68-35-20-34-67-63-30-13-11-28-61(63)60-27-10-12-29-62(60)64-31-14-19-38-75(64)88(78)82(67)68/h1-51,65,73H/i2D,3D,6D,7D,8D,9D,15D,16D,17D,18D,23D,24D,25D,26D,32D,33D,36D,37D. The molecule has 3 aromatic heterocycles. The van der Waals surface area contributed by atoms with Gasteiger partial charge in [-0.2, -0.15) is 0 Å². The predicted molar refractivity (Wildman–Crippen MR) is 377 cm³/mol. The molecule has 0 saturated heterocycles. The molecular formula is C84H53BN4.